The van der Waals surface area contributed by atoms with Gasteiger partial charge in [0.2, 0.25) is 0 Å². The summed E-state index contributed by atoms with van der Waals surface area (Å²) in [4.78, 5) is 4.32. The third kappa shape index (κ3) is 2.90. The minimum atomic E-state index is 0.0469. The highest BCUT2D eigenvalue weighted by atomic mass is 16.5. The van der Waals surface area contributed by atoms with Crippen molar-refractivity contribution < 1.29 is 4.74 Å². The molecule has 3 aromatic rings. The number of nitrogens with zero attached hydrogens (tertiary/aromatic N) is 3. The van der Waals surface area contributed by atoms with E-state index in [0.29, 0.717) is 0 Å². The standard InChI is InChI=1S/C19H19N3O/c1-2-9-18-16(8-1)17(12-11-15-7-3-5-13-20-15)21-22(18)19-10-4-6-14-23-19/h1-3,5,7-9,11-13,19H,4,6,10,14H2. The Balaban J connectivity index is 1.73. The summed E-state index contributed by atoms with van der Waals surface area (Å²) in [5.74, 6) is 0. The number of para-hydroxylation sites is 1. The molecule has 0 aliphatic carbocycles. The molecule has 0 spiro atoms. The van der Waals surface area contributed by atoms with Crippen LogP contribution in [-0.4, -0.2) is 21.4 Å². The fourth-order valence-electron chi connectivity index (χ4n) is 3.01. The second kappa shape index (κ2) is 6.34. The van der Waals surface area contributed by atoms with Crippen LogP contribution in [0.5, 0.6) is 0 Å². The zero-order chi connectivity index (χ0) is 15.5. The fourth-order valence-corrected chi connectivity index (χ4v) is 3.01. The number of ether oxygens (including phenoxy) is 1. The van der Waals surface area contributed by atoms with Crippen LogP contribution >= 0.6 is 0 Å². The molecular formula is C19H19N3O. The van der Waals surface area contributed by atoms with E-state index in [1.807, 2.05) is 41.1 Å². The Morgan fingerprint density at radius 3 is 2.78 bits per heavy atom. The van der Waals surface area contributed by atoms with Gasteiger partial charge in [-0.05, 0) is 49.6 Å². The van der Waals surface area contributed by atoms with Crippen LogP contribution in [0.3, 0.4) is 0 Å². The van der Waals surface area contributed by atoms with Crippen LogP contribution in [0.4, 0.5) is 0 Å². The molecule has 23 heavy (non-hydrogen) atoms. The second-order valence-electron chi connectivity index (χ2n) is 5.76. The fraction of sp³-hybridized carbons (Fsp3) is 0.263. The van der Waals surface area contributed by atoms with Gasteiger partial charge in [-0.2, -0.15) is 5.10 Å². The SMILES string of the molecule is C(=Cc1nn(C2CCCCO2)c2ccccc12)c1ccccn1. The number of hydrogen-bond donors (Lipinski definition) is 0. The van der Waals surface area contributed by atoms with Crippen LogP contribution in [-0.2, 0) is 4.74 Å². The Kier molecular flexibility index (Phi) is 3.90. The number of pyridine rings is 1. The molecule has 0 saturated carbocycles. The highest BCUT2D eigenvalue weighted by Crippen LogP contribution is 2.28. The third-order valence-electron chi connectivity index (χ3n) is 4.17. The average Bonchev–Trinajstić information content (AvgIpc) is 3.01. The monoisotopic (exact) mass is 305 g/mol. The summed E-state index contributed by atoms with van der Waals surface area (Å²) in [6, 6.07) is 14.2. The summed E-state index contributed by atoms with van der Waals surface area (Å²) >= 11 is 0. The lowest BCUT2D eigenvalue weighted by atomic mass is 10.1. The molecule has 1 saturated heterocycles. The van der Waals surface area contributed by atoms with Gasteiger partial charge < -0.3 is 4.74 Å². The molecule has 0 N–H and O–H groups in total. The number of benzene rings is 1. The highest BCUT2D eigenvalue weighted by Gasteiger charge is 2.19. The van der Waals surface area contributed by atoms with Crippen molar-refractivity contribution in [2.24, 2.45) is 0 Å². The summed E-state index contributed by atoms with van der Waals surface area (Å²) in [6.07, 6.45) is 9.23. The van der Waals surface area contributed by atoms with E-state index in [9.17, 15) is 0 Å². The number of fused-ring (bicyclic) bond motifs is 1. The molecule has 4 nitrogen and oxygen atoms in total. The van der Waals surface area contributed by atoms with Crippen LogP contribution in [0.25, 0.3) is 23.1 Å². The first-order valence-electron chi connectivity index (χ1n) is 8.10. The maximum Gasteiger partial charge on any atom is 0.150 e. The first-order valence-corrected chi connectivity index (χ1v) is 8.10. The highest BCUT2D eigenvalue weighted by molar-refractivity contribution is 5.89. The molecule has 116 valence electrons. The van der Waals surface area contributed by atoms with Crippen molar-refractivity contribution in [2.45, 2.75) is 25.5 Å². The maximum absolute atomic E-state index is 5.91. The van der Waals surface area contributed by atoms with E-state index in [0.717, 1.165) is 41.7 Å². The zero-order valence-electron chi connectivity index (χ0n) is 12.9. The topological polar surface area (TPSA) is 39.9 Å². The van der Waals surface area contributed by atoms with Gasteiger partial charge in [0.15, 0.2) is 6.23 Å². The molecule has 1 atom stereocenters. The van der Waals surface area contributed by atoms with E-state index < -0.39 is 0 Å². The van der Waals surface area contributed by atoms with Gasteiger partial charge in [0.1, 0.15) is 0 Å². The van der Waals surface area contributed by atoms with Crippen molar-refractivity contribution >= 4 is 23.1 Å². The largest absolute Gasteiger partial charge is 0.356 e. The van der Waals surface area contributed by atoms with Crippen molar-refractivity contribution in [3.05, 3.63) is 60.0 Å². The molecule has 0 radical (unpaired) electrons. The van der Waals surface area contributed by atoms with E-state index >= 15 is 0 Å². The Morgan fingerprint density at radius 2 is 1.96 bits per heavy atom. The maximum atomic E-state index is 5.91. The van der Waals surface area contributed by atoms with Crippen molar-refractivity contribution in [3.63, 3.8) is 0 Å². The van der Waals surface area contributed by atoms with E-state index in [4.69, 9.17) is 9.84 Å². The zero-order valence-corrected chi connectivity index (χ0v) is 12.9. The number of hydrogen-bond acceptors (Lipinski definition) is 3. The Bertz CT molecular complexity index is 817. The molecule has 2 aromatic heterocycles. The van der Waals surface area contributed by atoms with Crippen LogP contribution < -0.4 is 0 Å². The molecule has 1 fully saturated rings. The van der Waals surface area contributed by atoms with Crippen LogP contribution in [0.15, 0.2) is 48.7 Å². The van der Waals surface area contributed by atoms with Gasteiger partial charge in [0, 0.05) is 18.2 Å². The lowest BCUT2D eigenvalue weighted by molar-refractivity contribution is -0.0367. The van der Waals surface area contributed by atoms with Crippen LogP contribution in [0, 0.1) is 0 Å². The van der Waals surface area contributed by atoms with E-state index in [-0.39, 0.29) is 6.23 Å². The summed E-state index contributed by atoms with van der Waals surface area (Å²) in [5.41, 5.74) is 3.01. The number of aromatic nitrogens is 3. The van der Waals surface area contributed by atoms with Crippen molar-refractivity contribution in [1.29, 1.82) is 0 Å². The first kappa shape index (κ1) is 14.2. The van der Waals surface area contributed by atoms with Crippen LogP contribution in [0.2, 0.25) is 0 Å². The minimum Gasteiger partial charge on any atom is -0.356 e. The predicted molar refractivity (Wildman–Crippen MR) is 91.7 cm³/mol. The predicted octanol–water partition coefficient (Wildman–Crippen LogP) is 4.30. The smallest absolute Gasteiger partial charge is 0.150 e. The summed E-state index contributed by atoms with van der Waals surface area (Å²) in [5, 5.41) is 5.95. The molecule has 4 rings (SSSR count). The van der Waals surface area contributed by atoms with Gasteiger partial charge >= 0.3 is 0 Å². The third-order valence-corrected chi connectivity index (χ3v) is 4.17. The normalized spacial score (nSPS) is 18.7. The quantitative estimate of drug-likeness (QED) is 0.724. The average molecular weight is 305 g/mol. The van der Waals surface area contributed by atoms with Crippen LogP contribution in [0.1, 0.15) is 36.9 Å². The van der Waals surface area contributed by atoms with Crippen molar-refractivity contribution in [2.75, 3.05) is 6.61 Å². The van der Waals surface area contributed by atoms with Gasteiger partial charge in [-0.15, -0.1) is 0 Å². The minimum absolute atomic E-state index is 0.0469. The molecule has 1 aliphatic heterocycles. The van der Waals surface area contributed by atoms with Crippen molar-refractivity contribution in [3.8, 4) is 0 Å². The summed E-state index contributed by atoms with van der Waals surface area (Å²) < 4.78 is 7.95. The molecule has 1 unspecified atom stereocenters. The molecule has 3 heterocycles. The van der Waals surface area contributed by atoms with Crippen molar-refractivity contribution in [1.82, 2.24) is 14.8 Å². The van der Waals surface area contributed by atoms with E-state index in [2.05, 4.69) is 23.2 Å². The van der Waals surface area contributed by atoms with E-state index in [1.165, 1.54) is 6.42 Å². The van der Waals surface area contributed by atoms with Gasteiger partial charge in [0.05, 0.1) is 16.9 Å². The lowest BCUT2D eigenvalue weighted by Gasteiger charge is -2.23. The molecule has 0 bridgehead atoms. The Morgan fingerprint density at radius 1 is 1.04 bits per heavy atom. The second-order valence-corrected chi connectivity index (χ2v) is 5.76. The molecule has 0 amide bonds. The van der Waals surface area contributed by atoms with Gasteiger partial charge in [-0.1, -0.05) is 24.3 Å². The number of rotatable bonds is 3. The molecule has 4 heteroatoms. The summed E-state index contributed by atoms with van der Waals surface area (Å²) in [6.45, 7) is 0.817. The van der Waals surface area contributed by atoms with Gasteiger partial charge in [-0.3, -0.25) is 4.98 Å². The summed E-state index contributed by atoms with van der Waals surface area (Å²) in [7, 11) is 0. The Hall–Kier alpha value is -2.46. The van der Waals surface area contributed by atoms with E-state index in [1.54, 1.807) is 6.20 Å². The lowest BCUT2D eigenvalue weighted by Crippen LogP contribution is -2.19. The van der Waals surface area contributed by atoms with Gasteiger partial charge in [0.25, 0.3) is 0 Å². The Labute approximate surface area is 135 Å². The molecular weight excluding hydrogens is 286 g/mol. The first-order chi connectivity index (χ1) is 11.4. The molecule has 1 aliphatic rings. The van der Waals surface area contributed by atoms with Gasteiger partial charge in [-0.25, -0.2) is 4.68 Å². The molecule has 1 aromatic carbocycles.